The number of fused-ring (bicyclic) bond motifs is 1. The van der Waals surface area contributed by atoms with Crippen molar-refractivity contribution in [1.82, 2.24) is 10.2 Å². The van der Waals surface area contributed by atoms with E-state index in [1.165, 1.54) is 7.11 Å². The van der Waals surface area contributed by atoms with E-state index in [2.05, 4.69) is 5.32 Å². The number of hydrogen-bond donors (Lipinski definition) is 1. The van der Waals surface area contributed by atoms with Gasteiger partial charge in [-0.1, -0.05) is 43.2 Å². The Labute approximate surface area is 171 Å². The van der Waals surface area contributed by atoms with Crippen LogP contribution in [0.4, 0.5) is 4.79 Å². The molecule has 0 radical (unpaired) electrons. The van der Waals surface area contributed by atoms with Crippen LogP contribution in [0.2, 0.25) is 0 Å². The fourth-order valence-electron chi connectivity index (χ4n) is 4.50. The highest BCUT2D eigenvalue weighted by molar-refractivity contribution is 5.85. The quantitative estimate of drug-likeness (QED) is 0.560. The first-order chi connectivity index (χ1) is 14.1. The second-order valence-electron chi connectivity index (χ2n) is 7.78. The Hall–Kier alpha value is -2.57. The van der Waals surface area contributed by atoms with Crippen molar-refractivity contribution in [1.29, 1.82) is 0 Å². The van der Waals surface area contributed by atoms with E-state index in [1.807, 2.05) is 30.3 Å². The van der Waals surface area contributed by atoms with Crippen molar-refractivity contribution in [3.05, 3.63) is 35.9 Å². The monoisotopic (exact) mass is 402 g/mol. The van der Waals surface area contributed by atoms with Gasteiger partial charge >= 0.3 is 12.1 Å². The van der Waals surface area contributed by atoms with Gasteiger partial charge in [-0.2, -0.15) is 0 Å². The summed E-state index contributed by atoms with van der Waals surface area (Å²) >= 11 is 0. The number of esters is 1. The molecule has 1 heterocycles. The number of nitrogens with one attached hydrogen (secondary N) is 1. The number of rotatable bonds is 7. The molecule has 1 aliphatic carbocycles. The normalized spacial score (nSPS) is 23.2. The molecule has 1 aromatic rings. The van der Waals surface area contributed by atoms with Crippen molar-refractivity contribution >= 4 is 18.0 Å². The minimum atomic E-state index is -0.498. The molecule has 1 aliphatic heterocycles. The predicted molar refractivity (Wildman–Crippen MR) is 107 cm³/mol. The maximum Gasteiger partial charge on any atom is 0.407 e. The zero-order chi connectivity index (χ0) is 20.6. The minimum absolute atomic E-state index is 0.0331. The summed E-state index contributed by atoms with van der Waals surface area (Å²) in [7, 11) is 1.37. The molecule has 0 aromatic heterocycles. The molecule has 2 aliphatic rings. The molecule has 7 nitrogen and oxygen atoms in total. The Morgan fingerprint density at radius 3 is 2.66 bits per heavy atom. The lowest BCUT2D eigenvalue weighted by molar-refractivity contribution is -0.152. The van der Waals surface area contributed by atoms with Crippen LogP contribution in [0.15, 0.2) is 30.3 Å². The molecule has 1 saturated heterocycles. The average Bonchev–Trinajstić information content (AvgIpc) is 3.15. The Kier molecular flexibility index (Phi) is 7.49. The number of alkyl carbamates (subject to hydrolysis) is 1. The minimum Gasteiger partial charge on any atom is -0.467 e. The molecule has 3 atom stereocenters. The summed E-state index contributed by atoms with van der Waals surface area (Å²) in [4.78, 5) is 38.6. The number of nitrogens with zero attached hydrogens (tertiary/aromatic N) is 1. The Morgan fingerprint density at radius 2 is 1.90 bits per heavy atom. The molecule has 29 heavy (non-hydrogen) atoms. The highest BCUT2D eigenvalue weighted by Crippen LogP contribution is 2.40. The van der Waals surface area contributed by atoms with Crippen molar-refractivity contribution in [3.63, 3.8) is 0 Å². The molecule has 3 rings (SSSR count). The van der Waals surface area contributed by atoms with E-state index in [0.29, 0.717) is 25.3 Å². The lowest BCUT2D eigenvalue weighted by Crippen LogP contribution is -2.46. The Morgan fingerprint density at radius 1 is 1.14 bits per heavy atom. The summed E-state index contributed by atoms with van der Waals surface area (Å²) in [5, 5.41) is 2.68. The molecular weight excluding hydrogens is 372 g/mol. The highest BCUT2D eigenvalue weighted by Gasteiger charge is 2.47. The van der Waals surface area contributed by atoms with Gasteiger partial charge in [0.2, 0.25) is 5.91 Å². The third-order valence-corrected chi connectivity index (χ3v) is 5.90. The molecule has 1 aromatic carbocycles. The molecule has 0 spiro atoms. The van der Waals surface area contributed by atoms with Gasteiger partial charge in [-0.15, -0.1) is 0 Å². The number of carbonyl (C=O) groups excluding carboxylic acids is 3. The molecule has 3 unspecified atom stereocenters. The van der Waals surface area contributed by atoms with E-state index in [0.717, 1.165) is 31.2 Å². The Balaban J connectivity index is 1.42. The van der Waals surface area contributed by atoms with Gasteiger partial charge in [0.25, 0.3) is 0 Å². The zero-order valence-electron chi connectivity index (χ0n) is 17.0. The molecule has 1 N–H and O–H groups in total. The van der Waals surface area contributed by atoms with Crippen molar-refractivity contribution in [2.24, 2.45) is 5.92 Å². The van der Waals surface area contributed by atoms with Gasteiger partial charge in [0.05, 0.1) is 7.11 Å². The Bertz CT molecular complexity index is 708. The van der Waals surface area contributed by atoms with Crippen molar-refractivity contribution in [2.75, 3.05) is 13.7 Å². The van der Waals surface area contributed by atoms with Gasteiger partial charge in [-0.05, 0) is 37.2 Å². The summed E-state index contributed by atoms with van der Waals surface area (Å²) in [6.07, 6.45) is 5.26. The number of ether oxygens (including phenoxy) is 2. The number of benzene rings is 1. The standard InChI is InChI=1S/C22H30N2O5/c1-28-21(26)19-14-17-10-5-6-11-18(17)24(19)20(25)12-7-13-23-22(27)29-15-16-8-3-2-4-9-16/h2-4,8-9,17-19H,5-7,10-15H2,1H3,(H,23,27). The predicted octanol–water partition coefficient (Wildman–Crippen LogP) is 3.03. The lowest BCUT2D eigenvalue weighted by Gasteiger charge is -2.33. The molecule has 2 amide bonds. The van der Waals surface area contributed by atoms with E-state index in [9.17, 15) is 14.4 Å². The number of likely N-dealkylation sites (tertiary alicyclic amines) is 1. The van der Waals surface area contributed by atoms with Crippen molar-refractivity contribution < 1.29 is 23.9 Å². The van der Waals surface area contributed by atoms with E-state index < -0.39 is 12.1 Å². The van der Waals surface area contributed by atoms with Crippen LogP contribution in [0.3, 0.4) is 0 Å². The van der Waals surface area contributed by atoms with Crippen LogP contribution in [0, 0.1) is 5.92 Å². The van der Waals surface area contributed by atoms with Crippen LogP contribution in [0.25, 0.3) is 0 Å². The second kappa shape index (κ2) is 10.3. The summed E-state index contributed by atoms with van der Waals surface area (Å²) in [5.74, 6) is 0.0347. The van der Waals surface area contributed by atoms with Crippen LogP contribution in [0.1, 0.15) is 50.5 Å². The zero-order valence-corrected chi connectivity index (χ0v) is 17.0. The molecule has 0 bridgehead atoms. The smallest absolute Gasteiger partial charge is 0.407 e. The fourth-order valence-corrected chi connectivity index (χ4v) is 4.50. The number of hydrogen-bond acceptors (Lipinski definition) is 5. The fraction of sp³-hybridized carbons (Fsp3) is 0.591. The van der Waals surface area contributed by atoms with Gasteiger partial charge in [-0.25, -0.2) is 9.59 Å². The van der Waals surface area contributed by atoms with E-state index in [-0.39, 0.29) is 30.9 Å². The first-order valence-electron chi connectivity index (χ1n) is 10.4. The van der Waals surface area contributed by atoms with Crippen LogP contribution >= 0.6 is 0 Å². The van der Waals surface area contributed by atoms with E-state index in [4.69, 9.17) is 9.47 Å². The first kappa shape index (κ1) is 21.1. The molecule has 2 fully saturated rings. The summed E-state index contributed by atoms with van der Waals surface area (Å²) < 4.78 is 10.1. The van der Waals surface area contributed by atoms with Gasteiger partial charge in [-0.3, -0.25) is 4.79 Å². The largest absolute Gasteiger partial charge is 0.467 e. The first-order valence-corrected chi connectivity index (χ1v) is 10.4. The van der Waals surface area contributed by atoms with E-state index >= 15 is 0 Å². The lowest BCUT2D eigenvalue weighted by atomic mass is 9.84. The molecule has 158 valence electrons. The van der Waals surface area contributed by atoms with Crippen LogP contribution in [0.5, 0.6) is 0 Å². The van der Waals surface area contributed by atoms with Gasteiger partial charge in [0, 0.05) is 19.0 Å². The van der Waals surface area contributed by atoms with Crippen LogP contribution in [-0.4, -0.2) is 48.6 Å². The highest BCUT2D eigenvalue weighted by atomic mass is 16.5. The third kappa shape index (κ3) is 5.49. The maximum absolute atomic E-state index is 12.9. The van der Waals surface area contributed by atoms with Crippen molar-refractivity contribution in [3.8, 4) is 0 Å². The SMILES string of the molecule is COC(=O)C1CC2CCCCC2N1C(=O)CCCNC(=O)OCc1ccccc1. The van der Waals surface area contributed by atoms with Crippen molar-refractivity contribution in [2.45, 2.75) is 63.6 Å². The maximum atomic E-state index is 12.9. The number of methoxy groups -OCH3 is 1. The van der Waals surface area contributed by atoms with Gasteiger partial charge in [0.1, 0.15) is 12.6 Å². The van der Waals surface area contributed by atoms with Gasteiger partial charge < -0.3 is 19.7 Å². The average molecular weight is 402 g/mol. The molecule has 7 heteroatoms. The van der Waals surface area contributed by atoms with Crippen LogP contribution < -0.4 is 5.32 Å². The van der Waals surface area contributed by atoms with E-state index in [1.54, 1.807) is 4.90 Å². The summed E-state index contributed by atoms with van der Waals surface area (Å²) in [6, 6.07) is 9.13. The summed E-state index contributed by atoms with van der Waals surface area (Å²) in [5.41, 5.74) is 0.919. The molecular formula is C22H30N2O5. The molecule has 1 saturated carbocycles. The van der Waals surface area contributed by atoms with Gasteiger partial charge in [0.15, 0.2) is 0 Å². The summed E-state index contributed by atoms with van der Waals surface area (Å²) in [6.45, 7) is 0.563. The number of amides is 2. The second-order valence-corrected chi connectivity index (χ2v) is 7.78. The topological polar surface area (TPSA) is 84.9 Å². The third-order valence-electron chi connectivity index (χ3n) is 5.90. The number of carbonyl (C=O) groups is 3. The van der Waals surface area contributed by atoms with Crippen LogP contribution in [-0.2, 0) is 25.7 Å².